The number of carbonyl (C=O) groups excluding carboxylic acids is 1. The van der Waals surface area contributed by atoms with Crippen LogP contribution in [0.15, 0.2) is 18.2 Å². The van der Waals surface area contributed by atoms with Crippen molar-refractivity contribution in [2.75, 3.05) is 19.5 Å². The summed E-state index contributed by atoms with van der Waals surface area (Å²) in [4.78, 5) is 11.3. The lowest BCUT2D eigenvalue weighted by molar-refractivity contribution is -0.136. The fourth-order valence-corrected chi connectivity index (χ4v) is 2.74. The first-order valence-corrected chi connectivity index (χ1v) is 9.89. The van der Waals surface area contributed by atoms with Crippen molar-refractivity contribution in [3.05, 3.63) is 29.3 Å². The van der Waals surface area contributed by atoms with E-state index in [-0.39, 0.29) is 0 Å². The van der Waals surface area contributed by atoms with E-state index in [1.165, 1.54) is 0 Å². The molecule has 0 N–H and O–H groups in total. The van der Waals surface area contributed by atoms with Crippen LogP contribution in [-0.4, -0.2) is 40.0 Å². The number of benzene rings is 1. The maximum Gasteiger partial charge on any atom is 0.384 e. The molecule has 0 bridgehead atoms. The lowest BCUT2D eigenvalue weighted by atomic mass is 10.1. The van der Waals surface area contributed by atoms with Gasteiger partial charge in [0.15, 0.2) is 0 Å². The molecule has 0 saturated heterocycles. The van der Waals surface area contributed by atoms with E-state index >= 15 is 0 Å². The summed E-state index contributed by atoms with van der Waals surface area (Å²) in [6.07, 6.45) is 1.75. The minimum absolute atomic E-state index is 0.294. The summed E-state index contributed by atoms with van der Waals surface area (Å²) in [5.74, 6) is 5.36. The Kier molecular flexibility index (Phi) is 8.46. The molecule has 1 aromatic rings. The average Bonchev–Trinajstić information content (AvgIpc) is 2.52. The molecule has 138 valence electrons. The molecule has 7 heteroatoms. The molecule has 0 unspecified atom stereocenters. The van der Waals surface area contributed by atoms with Crippen LogP contribution in [0.3, 0.4) is 0 Å². The Morgan fingerprint density at radius 3 is 2.60 bits per heavy atom. The van der Waals surface area contributed by atoms with Crippen molar-refractivity contribution >= 4 is 16.1 Å². The molecule has 1 aromatic carbocycles. The Bertz CT molecular complexity index is 743. The molecule has 1 rings (SSSR count). The topological polar surface area (TPSA) is 78.9 Å². The zero-order valence-corrected chi connectivity index (χ0v) is 15.8. The number of hydrogen-bond acceptors (Lipinski definition) is 6. The average molecular weight is 368 g/mol. The maximum absolute atomic E-state index is 11.3. The van der Waals surface area contributed by atoms with Gasteiger partial charge in [-0.2, -0.15) is 8.42 Å². The standard InChI is InChI=1S/C18H24O6S/c1-5-15-13-17(23-12-11-14(3)24-25(4,20)21)9-7-16(15)8-10-18(19)22-6-2/h7,9,13-14H,5-6,11-12H2,1-4H3/t14-/m1/s1. The van der Waals surface area contributed by atoms with E-state index < -0.39 is 22.2 Å². The van der Waals surface area contributed by atoms with Gasteiger partial charge in [0, 0.05) is 17.9 Å². The van der Waals surface area contributed by atoms with Crippen molar-refractivity contribution < 1.29 is 26.9 Å². The van der Waals surface area contributed by atoms with E-state index in [0.717, 1.165) is 23.8 Å². The Balaban J connectivity index is 2.67. The predicted molar refractivity (Wildman–Crippen MR) is 94.8 cm³/mol. The van der Waals surface area contributed by atoms with Crippen LogP contribution in [0.5, 0.6) is 5.75 Å². The highest BCUT2D eigenvalue weighted by Gasteiger charge is 2.10. The third kappa shape index (κ3) is 8.57. The molecular weight excluding hydrogens is 344 g/mol. The molecular formula is C18H24O6S. The molecule has 1 atom stereocenters. The molecule has 0 aliphatic rings. The van der Waals surface area contributed by atoms with Crippen LogP contribution in [0.1, 0.15) is 38.3 Å². The SMILES string of the molecule is CCOC(=O)C#Cc1ccc(OCC[C@@H](C)OS(C)(=O)=O)cc1CC. The Hall–Kier alpha value is -2.04. The Morgan fingerprint density at radius 2 is 2.00 bits per heavy atom. The van der Waals surface area contributed by atoms with Gasteiger partial charge in [-0.05, 0) is 44.0 Å². The normalized spacial score (nSPS) is 12.0. The largest absolute Gasteiger partial charge is 0.493 e. The predicted octanol–water partition coefficient (Wildman–Crippen LogP) is 2.30. The van der Waals surface area contributed by atoms with E-state index in [0.29, 0.717) is 25.4 Å². The smallest absolute Gasteiger partial charge is 0.384 e. The lowest BCUT2D eigenvalue weighted by Crippen LogP contribution is -2.17. The van der Waals surface area contributed by atoms with E-state index in [9.17, 15) is 13.2 Å². The summed E-state index contributed by atoms with van der Waals surface area (Å²) in [6.45, 7) is 6.01. The number of rotatable bonds is 8. The van der Waals surface area contributed by atoms with Gasteiger partial charge in [0.05, 0.1) is 25.6 Å². The van der Waals surface area contributed by atoms with Crippen LogP contribution >= 0.6 is 0 Å². The molecule has 0 saturated carbocycles. The summed E-state index contributed by atoms with van der Waals surface area (Å²) in [5, 5.41) is 0. The fourth-order valence-electron chi connectivity index (χ4n) is 2.05. The number of hydrogen-bond donors (Lipinski definition) is 0. The summed E-state index contributed by atoms with van der Waals surface area (Å²) >= 11 is 0. The molecule has 0 radical (unpaired) electrons. The van der Waals surface area contributed by atoms with Gasteiger partial charge in [-0.15, -0.1) is 0 Å². The number of carbonyl (C=O) groups is 1. The van der Waals surface area contributed by atoms with Gasteiger partial charge in [0.25, 0.3) is 10.1 Å². The zero-order valence-electron chi connectivity index (χ0n) is 15.0. The Labute approximate surface area is 149 Å². The number of ether oxygens (including phenoxy) is 2. The molecule has 0 spiro atoms. The van der Waals surface area contributed by atoms with E-state index in [4.69, 9.17) is 13.7 Å². The quantitative estimate of drug-likeness (QED) is 0.398. The van der Waals surface area contributed by atoms with Gasteiger partial charge in [0.2, 0.25) is 0 Å². The number of aryl methyl sites for hydroxylation is 1. The molecule has 6 nitrogen and oxygen atoms in total. The van der Waals surface area contributed by atoms with Crippen LogP contribution in [-0.2, 0) is 30.3 Å². The van der Waals surface area contributed by atoms with Crippen molar-refractivity contribution in [1.29, 1.82) is 0 Å². The van der Waals surface area contributed by atoms with Gasteiger partial charge in [-0.25, -0.2) is 4.79 Å². The van der Waals surface area contributed by atoms with Crippen molar-refractivity contribution in [1.82, 2.24) is 0 Å². The monoisotopic (exact) mass is 368 g/mol. The van der Waals surface area contributed by atoms with Crippen LogP contribution < -0.4 is 4.74 Å². The molecule has 0 aliphatic heterocycles. The lowest BCUT2D eigenvalue weighted by Gasteiger charge is -2.13. The van der Waals surface area contributed by atoms with Crippen molar-refractivity contribution in [2.45, 2.75) is 39.7 Å². The second kappa shape index (κ2) is 10.1. The molecule has 0 amide bonds. The second-order valence-corrected chi connectivity index (χ2v) is 6.99. The Morgan fingerprint density at radius 1 is 1.28 bits per heavy atom. The maximum atomic E-state index is 11.3. The van der Waals surface area contributed by atoms with Gasteiger partial charge in [-0.3, -0.25) is 4.18 Å². The van der Waals surface area contributed by atoms with Gasteiger partial charge in [0.1, 0.15) is 5.75 Å². The summed E-state index contributed by atoms with van der Waals surface area (Å²) in [6, 6.07) is 5.41. The third-order valence-corrected chi connectivity index (χ3v) is 3.84. The van der Waals surface area contributed by atoms with Gasteiger partial charge >= 0.3 is 5.97 Å². The van der Waals surface area contributed by atoms with E-state index in [2.05, 4.69) is 11.8 Å². The minimum Gasteiger partial charge on any atom is -0.493 e. The van der Waals surface area contributed by atoms with Crippen LogP contribution in [0.2, 0.25) is 0 Å². The fraction of sp³-hybridized carbons (Fsp3) is 0.500. The summed E-state index contributed by atoms with van der Waals surface area (Å²) < 4.78 is 37.3. The molecule has 0 aromatic heterocycles. The summed E-state index contributed by atoms with van der Waals surface area (Å²) in [5.41, 5.74) is 1.70. The van der Waals surface area contributed by atoms with Crippen molar-refractivity contribution in [3.8, 4) is 17.6 Å². The summed E-state index contributed by atoms with van der Waals surface area (Å²) in [7, 11) is -3.46. The van der Waals surface area contributed by atoms with Gasteiger partial charge < -0.3 is 9.47 Å². The van der Waals surface area contributed by atoms with Crippen LogP contribution in [0.4, 0.5) is 0 Å². The highest BCUT2D eigenvalue weighted by atomic mass is 32.2. The number of esters is 1. The van der Waals surface area contributed by atoms with Crippen molar-refractivity contribution in [3.63, 3.8) is 0 Å². The van der Waals surface area contributed by atoms with E-state index in [1.807, 2.05) is 13.0 Å². The zero-order chi connectivity index (χ0) is 18.9. The molecule has 0 heterocycles. The first-order chi connectivity index (χ1) is 11.7. The minimum atomic E-state index is -3.46. The third-order valence-electron chi connectivity index (χ3n) is 3.16. The van der Waals surface area contributed by atoms with Crippen molar-refractivity contribution in [2.24, 2.45) is 0 Å². The first kappa shape index (κ1) is 21.0. The molecule has 0 fully saturated rings. The van der Waals surface area contributed by atoms with Crippen LogP contribution in [0.25, 0.3) is 0 Å². The first-order valence-electron chi connectivity index (χ1n) is 8.08. The molecule has 25 heavy (non-hydrogen) atoms. The molecule has 0 aliphatic carbocycles. The highest BCUT2D eigenvalue weighted by Crippen LogP contribution is 2.18. The van der Waals surface area contributed by atoms with Gasteiger partial charge in [-0.1, -0.05) is 12.8 Å². The highest BCUT2D eigenvalue weighted by molar-refractivity contribution is 7.86. The second-order valence-electron chi connectivity index (χ2n) is 5.39. The van der Waals surface area contributed by atoms with E-state index in [1.54, 1.807) is 26.0 Å². The van der Waals surface area contributed by atoms with Crippen LogP contribution in [0, 0.1) is 11.8 Å².